The minimum Gasteiger partial charge on any atom is -0.295 e. The summed E-state index contributed by atoms with van der Waals surface area (Å²) in [5.74, 6) is 0. The van der Waals surface area contributed by atoms with Gasteiger partial charge in [-0.2, -0.15) is 0 Å². The second-order valence-electron chi connectivity index (χ2n) is 10.7. The summed E-state index contributed by atoms with van der Waals surface area (Å²) in [6, 6.07) is 54.4. The Morgan fingerprint density at radius 2 is 0.805 bits per heavy atom. The molecule has 0 saturated heterocycles. The van der Waals surface area contributed by atoms with Crippen LogP contribution in [-0.2, 0) is 26.2 Å². The van der Waals surface area contributed by atoms with Crippen molar-refractivity contribution in [3.05, 3.63) is 186 Å². The van der Waals surface area contributed by atoms with Crippen molar-refractivity contribution >= 4 is 6.08 Å². The molecule has 2 heteroatoms. The van der Waals surface area contributed by atoms with Gasteiger partial charge in [-0.15, -0.1) is 0 Å². The molecule has 0 fully saturated rings. The van der Waals surface area contributed by atoms with Crippen molar-refractivity contribution in [3.63, 3.8) is 0 Å². The summed E-state index contributed by atoms with van der Waals surface area (Å²) < 4.78 is 0. The maximum Gasteiger partial charge on any atom is 0.0300 e. The highest BCUT2D eigenvalue weighted by atomic mass is 15.2. The molecule has 0 heterocycles. The maximum absolute atomic E-state index is 2.63. The molecule has 0 aliphatic carbocycles. The van der Waals surface area contributed by atoms with Crippen LogP contribution < -0.4 is 0 Å². The molecule has 1 atom stereocenters. The van der Waals surface area contributed by atoms with E-state index in [2.05, 4.69) is 174 Å². The van der Waals surface area contributed by atoms with Crippen LogP contribution in [-0.4, -0.2) is 22.4 Å². The summed E-state index contributed by atoms with van der Waals surface area (Å²) in [4.78, 5) is 5.23. The largest absolute Gasteiger partial charge is 0.295 e. The minimum atomic E-state index is 0.268. The third-order valence-corrected chi connectivity index (χ3v) is 7.48. The fourth-order valence-corrected chi connectivity index (χ4v) is 5.33. The van der Waals surface area contributed by atoms with Gasteiger partial charge in [0.1, 0.15) is 0 Å². The lowest BCUT2D eigenvalue weighted by Gasteiger charge is -2.32. The fraction of sp³-hybridized carbons (Fsp3) is 0.179. The third kappa shape index (κ3) is 9.42. The van der Waals surface area contributed by atoms with Gasteiger partial charge in [0, 0.05) is 38.8 Å². The van der Waals surface area contributed by atoms with Crippen molar-refractivity contribution < 1.29 is 0 Å². The number of hydrogen-bond donors (Lipinski definition) is 0. The zero-order chi connectivity index (χ0) is 28.0. The van der Waals surface area contributed by atoms with Crippen molar-refractivity contribution in [3.8, 4) is 0 Å². The lowest BCUT2D eigenvalue weighted by molar-refractivity contribution is 0.171. The summed E-state index contributed by atoms with van der Waals surface area (Å²) in [6.45, 7) is 4.66. The second kappa shape index (κ2) is 15.5. The van der Waals surface area contributed by atoms with E-state index in [1.165, 1.54) is 27.8 Å². The van der Waals surface area contributed by atoms with Gasteiger partial charge in [-0.25, -0.2) is 0 Å². The molecule has 0 radical (unpaired) electrons. The summed E-state index contributed by atoms with van der Waals surface area (Å²) in [6.07, 6.45) is 5.75. The van der Waals surface area contributed by atoms with Gasteiger partial charge in [0.2, 0.25) is 0 Å². The smallest absolute Gasteiger partial charge is 0.0300 e. The number of nitrogens with zero attached hydrogens (tertiary/aromatic N) is 2. The molecule has 0 unspecified atom stereocenters. The lowest BCUT2D eigenvalue weighted by Crippen LogP contribution is -2.36. The van der Waals surface area contributed by atoms with E-state index in [0.717, 1.165) is 39.1 Å². The van der Waals surface area contributed by atoms with Gasteiger partial charge in [0.05, 0.1) is 0 Å². The minimum absolute atomic E-state index is 0.268. The first-order valence-electron chi connectivity index (χ1n) is 14.7. The molecule has 0 saturated carbocycles. The number of rotatable bonds is 14. The Hall–Kier alpha value is -4.24. The zero-order valence-electron chi connectivity index (χ0n) is 23.8. The van der Waals surface area contributed by atoms with E-state index in [4.69, 9.17) is 0 Å². The van der Waals surface area contributed by atoms with Crippen LogP contribution in [0.3, 0.4) is 0 Å². The fourth-order valence-electron chi connectivity index (χ4n) is 5.33. The molecule has 0 amide bonds. The van der Waals surface area contributed by atoms with E-state index in [1.54, 1.807) is 0 Å². The molecule has 0 N–H and O–H groups in total. The first-order chi connectivity index (χ1) is 20.3. The maximum atomic E-state index is 2.63. The molecule has 5 aromatic rings. The van der Waals surface area contributed by atoms with Gasteiger partial charge in [-0.1, -0.05) is 164 Å². The van der Waals surface area contributed by atoms with Crippen LogP contribution in [0.5, 0.6) is 0 Å². The van der Waals surface area contributed by atoms with E-state index in [9.17, 15) is 0 Å². The highest BCUT2D eigenvalue weighted by molar-refractivity contribution is 5.49. The van der Waals surface area contributed by atoms with Crippen molar-refractivity contribution in [2.45, 2.75) is 38.6 Å². The summed E-state index contributed by atoms with van der Waals surface area (Å²) in [5.41, 5.74) is 6.62. The summed E-state index contributed by atoms with van der Waals surface area (Å²) in [7, 11) is 0. The molecule has 0 aromatic heterocycles. The molecule has 0 bridgehead atoms. The molecule has 5 aromatic carbocycles. The van der Waals surface area contributed by atoms with Gasteiger partial charge in [-0.3, -0.25) is 9.80 Å². The molecule has 2 nitrogen and oxygen atoms in total. The van der Waals surface area contributed by atoms with Crippen molar-refractivity contribution in [2.75, 3.05) is 6.54 Å². The van der Waals surface area contributed by atoms with Gasteiger partial charge in [0.25, 0.3) is 0 Å². The van der Waals surface area contributed by atoms with Gasteiger partial charge in [-0.05, 0) is 34.2 Å². The van der Waals surface area contributed by atoms with E-state index in [1.807, 2.05) is 0 Å². The molecular formula is C39H40N2. The standard InChI is InChI=1S/C39H40N2/c1-6-16-34(17-7-1)26-27-39(41(32-37-22-12-4-13-23-37)33-38-24-14-5-15-25-38)28-29-40(30-35-18-8-2-9-19-35)31-36-20-10-3-11-21-36/h1-27,39H,28-33H2/b27-26+/t39-/m0/s1. The number of hydrogen-bond acceptors (Lipinski definition) is 2. The van der Waals surface area contributed by atoms with E-state index in [-0.39, 0.29) is 6.04 Å². The predicted molar refractivity (Wildman–Crippen MR) is 173 cm³/mol. The van der Waals surface area contributed by atoms with Gasteiger partial charge < -0.3 is 0 Å². The van der Waals surface area contributed by atoms with Crippen molar-refractivity contribution in [1.29, 1.82) is 0 Å². The topological polar surface area (TPSA) is 6.48 Å². The summed E-state index contributed by atoms with van der Waals surface area (Å²) in [5, 5.41) is 0. The average Bonchev–Trinajstić information content (AvgIpc) is 3.03. The molecule has 5 rings (SSSR count). The Bertz CT molecular complexity index is 1340. The van der Waals surface area contributed by atoms with Crippen LogP contribution >= 0.6 is 0 Å². The highest BCUT2D eigenvalue weighted by Gasteiger charge is 2.19. The van der Waals surface area contributed by atoms with E-state index in [0.29, 0.717) is 0 Å². The number of benzene rings is 5. The molecule has 0 aliphatic heterocycles. The molecule has 0 spiro atoms. The van der Waals surface area contributed by atoms with Gasteiger partial charge >= 0.3 is 0 Å². The Kier molecular flexibility index (Phi) is 10.7. The van der Waals surface area contributed by atoms with E-state index < -0.39 is 0 Å². The third-order valence-electron chi connectivity index (χ3n) is 7.48. The van der Waals surface area contributed by atoms with Crippen molar-refractivity contribution in [2.24, 2.45) is 0 Å². The Labute approximate surface area is 246 Å². The second-order valence-corrected chi connectivity index (χ2v) is 10.7. The van der Waals surface area contributed by atoms with Crippen LogP contribution in [0.25, 0.3) is 6.08 Å². The van der Waals surface area contributed by atoms with Crippen LogP contribution in [0.4, 0.5) is 0 Å². The molecular weight excluding hydrogens is 496 g/mol. The average molecular weight is 537 g/mol. The lowest BCUT2D eigenvalue weighted by atomic mass is 10.0. The van der Waals surface area contributed by atoms with Crippen LogP contribution in [0, 0.1) is 0 Å². The Balaban J connectivity index is 1.42. The highest BCUT2D eigenvalue weighted by Crippen LogP contribution is 2.20. The SMILES string of the molecule is C(=C\[C@@H](CCN(Cc1ccccc1)Cc1ccccc1)N(Cc1ccccc1)Cc1ccccc1)/c1ccccc1. The van der Waals surface area contributed by atoms with Crippen molar-refractivity contribution in [1.82, 2.24) is 9.80 Å². The molecule has 41 heavy (non-hydrogen) atoms. The van der Waals surface area contributed by atoms with Gasteiger partial charge in [0.15, 0.2) is 0 Å². The molecule has 206 valence electrons. The van der Waals surface area contributed by atoms with Crippen LogP contribution in [0.2, 0.25) is 0 Å². The first-order valence-corrected chi connectivity index (χ1v) is 14.7. The zero-order valence-corrected chi connectivity index (χ0v) is 23.8. The monoisotopic (exact) mass is 536 g/mol. The first kappa shape index (κ1) is 28.3. The summed E-state index contributed by atoms with van der Waals surface area (Å²) >= 11 is 0. The molecule has 0 aliphatic rings. The normalized spacial score (nSPS) is 12.2. The Morgan fingerprint density at radius 3 is 1.22 bits per heavy atom. The van der Waals surface area contributed by atoms with E-state index >= 15 is 0 Å². The van der Waals surface area contributed by atoms with Crippen LogP contribution in [0.15, 0.2) is 158 Å². The predicted octanol–water partition coefficient (Wildman–Crippen LogP) is 8.86. The van der Waals surface area contributed by atoms with Crippen LogP contribution in [0.1, 0.15) is 34.2 Å². The quantitative estimate of drug-likeness (QED) is 0.140. The Morgan fingerprint density at radius 1 is 0.439 bits per heavy atom.